The number of alkyl carbamates (subject to hydrolysis) is 2. The van der Waals surface area contributed by atoms with E-state index in [1.807, 2.05) is 45.0 Å². The quantitative estimate of drug-likeness (QED) is 0.109. The van der Waals surface area contributed by atoms with Gasteiger partial charge in [-0.25, -0.2) is 19.6 Å². The number of nitrogens with zero attached hydrogens (tertiary/aromatic N) is 3. The van der Waals surface area contributed by atoms with Crippen LogP contribution in [0.25, 0.3) is 33.6 Å². The number of imidazole rings is 2. The molecule has 4 N–H and O–H groups in total. The third kappa shape index (κ3) is 8.76. The molecule has 4 aliphatic rings. The highest BCUT2D eigenvalue weighted by Crippen LogP contribution is 2.53. The number of hydrogen-bond acceptors (Lipinski definition) is 8. The molecule has 63 heavy (non-hydrogen) atoms. The Labute approximate surface area is 371 Å². The molecule has 336 valence electrons. The highest BCUT2D eigenvalue weighted by atomic mass is 16.5. The Balaban J connectivity index is 1.04. The minimum atomic E-state index is -0.698. The first-order valence-corrected chi connectivity index (χ1v) is 23.1. The number of fused-ring (bicyclic) bond motifs is 1. The van der Waals surface area contributed by atoms with Gasteiger partial charge < -0.3 is 35.0 Å². The van der Waals surface area contributed by atoms with E-state index in [9.17, 15) is 19.2 Å². The number of methoxy groups -OCH3 is 2. The smallest absolute Gasteiger partial charge is 0.407 e. The Bertz CT molecular complexity index is 2320. The van der Waals surface area contributed by atoms with Gasteiger partial charge in [0.15, 0.2) is 5.78 Å². The van der Waals surface area contributed by atoms with Gasteiger partial charge in [-0.15, -0.1) is 0 Å². The van der Waals surface area contributed by atoms with Crippen LogP contribution >= 0.6 is 0 Å². The highest BCUT2D eigenvalue weighted by molar-refractivity contribution is 5.90. The maximum atomic E-state index is 14.0. The summed E-state index contributed by atoms with van der Waals surface area (Å²) in [5.74, 6) is 1.64. The van der Waals surface area contributed by atoms with Crippen molar-refractivity contribution in [3.8, 4) is 33.6 Å². The van der Waals surface area contributed by atoms with Crippen LogP contribution in [0.4, 0.5) is 9.59 Å². The van der Waals surface area contributed by atoms with Crippen LogP contribution in [0.3, 0.4) is 0 Å². The summed E-state index contributed by atoms with van der Waals surface area (Å²) in [5, 5.41) is 5.54. The number of aromatic amines is 2. The third-order valence-corrected chi connectivity index (χ3v) is 14.6. The Kier molecular flexibility index (Phi) is 12.6. The fourth-order valence-electron chi connectivity index (χ4n) is 11.4. The molecule has 2 saturated carbocycles. The second-order valence-corrected chi connectivity index (χ2v) is 19.9. The fraction of sp³-hybridized carbons (Fsp3) is 0.560. The van der Waals surface area contributed by atoms with Gasteiger partial charge in [0, 0.05) is 23.9 Å². The lowest BCUT2D eigenvalue weighted by Gasteiger charge is -2.30. The summed E-state index contributed by atoms with van der Waals surface area (Å²) in [7, 11) is 2.63. The average molecular weight is 860 g/mol. The molecule has 0 radical (unpaired) electrons. The van der Waals surface area contributed by atoms with Crippen LogP contribution < -0.4 is 10.6 Å². The zero-order valence-corrected chi connectivity index (χ0v) is 38.2. The Hall–Kier alpha value is -5.46. The predicted molar refractivity (Wildman–Crippen MR) is 242 cm³/mol. The summed E-state index contributed by atoms with van der Waals surface area (Å²) < 4.78 is 9.68. The van der Waals surface area contributed by atoms with Crippen LogP contribution in [-0.4, -0.2) is 81.6 Å². The van der Waals surface area contributed by atoms with Crippen molar-refractivity contribution in [1.82, 2.24) is 35.5 Å². The first-order chi connectivity index (χ1) is 30.2. The van der Waals surface area contributed by atoms with Crippen molar-refractivity contribution < 1.29 is 28.7 Å². The molecule has 13 nitrogen and oxygen atoms in total. The molecule has 1 saturated heterocycles. The van der Waals surface area contributed by atoms with Crippen LogP contribution in [0, 0.1) is 35.0 Å². The summed E-state index contributed by atoms with van der Waals surface area (Å²) in [5.41, 5.74) is 9.59. The van der Waals surface area contributed by atoms with E-state index in [1.165, 1.54) is 67.7 Å². The zero-order valence-electron chi connectivity index (χ0n) is 38.2. The number of carbonyl (C=O) groups excluding carboxylic acids is 4. The number of hydrogen-bond donors (Lipinski definition) is 4. The van der Waals surface area contributed by atoms with Crippen molar-refractivity contribution in [2.75, 3.05) is 20.8 Å². The van der Waals surface area contributed by atoms with Gasteiger partial charge >= 0.3 is 12.2 Å². The van der Waals surface area contributed by atoms with Crippen LogP contribution in [0.15, 0.2) is 48.8 Å². The van der Waals surface area contributed by atoms with Crippen molar-refractivity contribution in [3.63, 3.8) is 0 Å². The zero-order chi connectivity index (χ0) is 44.7. The number of likely N-dealkylation sites (tertiary alicyclic amines) is 1. The molecular formula is C50H65N7O6. The maximum absolute atomic E-state index is 14.0. The number of rotatable bonds is 12. The summed E-state index contributed by atoms with van der Waals surface area (Å²) in [4.78, 5) is 71.1. The number of ketones is 1. The number of aromatic nitrogens is 4. The van der Waals surface area contributed by atoms with Gasteiger partial charge in [-0.3, -0.25) is 9.59 Å². The standard InChI is InChI=1S/C50H65N7O6/c1-27(2)42(55-48(60)62-7)44(58)35-19-29(5)20-36(35)45-51-25-40(54-45)34-16-15-33(37-22-50(23-38(34)37)17-9-10-18-50)31-11-13-32(14-12-31)39-24-52-46(53-39)41-21-30(6)26-57(41)47(59)43(28(3)4)56-49(61)63-8/h11-16,24-25,27-30,35-36,41-43H,9-10,17-23,26H2,1-8H3,(H,51,54)(H,52,53)(H,55,60)(H,56,61)/t29-,30+,35?,36-,41+,42+,43+/m1/s1. The van der Waals surface area contributed by atoms with Gasteiger partial charge in [-0.2, -0.15) is 0 Å². The Morgan fingerprint density at radius 3 is 1.94 bits per heavy atom. The second kappa shape index (κ2) is 18.0. The molecular weight excluding hydrogens is 795 g/mol. The molecule has 3 amide bonds. The monoisotopic (exact) mass is 859 g/mol. The van der Waals surface area contributed by atoms with E-state index in [2.05, 4.69) is 70.8 Å². The van der Waals surface area contributed by atoms with Gasteiger partial charge in [-0.05, 0) is 102 Å². The number of H-pyrrole nitrogens is 2. The number of carbonyl (C=O) groups is 4. The third-order valence-electron chi connectivity index (χ3n) is 14.6. The molecule has 1 spiro atoms. The molecule has 3 heterocycles. The first-order valence-electron chi connectivity index (χ1n) is 23.1. The average Bonchev–Trinajstić information content (AvgIpc) is 4.14. The van der Waals surface area contributed by atoms with Crippen molar-refractivity contribution in [2.24, 2.45) is 35.0 Å². The van der Waals surface area contributed by atoms with E-state index in [1.54, 1.807) is 0 Å². The van der Waals surface area contributed by atoms with Crippen LogP contribution in [0.2, 0.25) is 0 Å². The lowest BCUT2D eigenvalue weighted by Crippen LogP contribution is -2.51. The molecule has 0 bridgehead atoms. The van der Waals surface area contributed by atoms with Gasteiger partial charge in [0.05, 0.1) is 50.1 Å². The molecule has 4 aromatic rings. The molecule has 3 fully saturated rings. The summed E-state index contributed by atoms with van der Waals surface area (Å²) in [6, 6.07) is 11.7. The lowest BCUT2D eigenvalue weighted by atomic mass is 9.82. The number of ether oxygens (including phenoxy) is 2. The van der Waals surface area contributed by atoms with Crippen LogP contribution in [0.5, 0.6) is 0 Å². The van der Waals surface area contributed by atoms with Crippen molar-refractivity contribution in [1.29, 1.82) is 0 Å². The minimum Gasteiger partial charge on any atom is -0.453 e. The normalized spacial score (nSPS) is 23.6. The van der Waals surface area contributed by atoms with E-state index in [-0.39, 0.29) is 52.7 Å². The molecule has 13 heteroatoms. The number of benzene rings is 2. The van der Waals surface area contributed by atoms with E-state index in [0.717, 1.165) is 60.7 Å². The lowest BCUT2D eigenvalue weighted by molar-refractivity contribution is -0.135. The van der Waals surface area contributed by atoms with E-state index in [4.69, 9.17) is 19.4 Å². The predicted octanol–water partition coefficient (Wildman–Crippen LogP) is 9.16. The van der Waals surface area contributed by atoms with Gasteiger partial charge in [-0.1, -0.05) is 90.8 Å². The summed E-state index contributed by atoms with van der Waals surface area (Å²) >= 11 is 0. The molecule has 2 aromatic heterocycles. The van der Waals surface area contributed by atoms with Crippen LogP contribution in [-0.2, 0) is 31.9 Å². The van der Waals surface area contributed by atoms with Crippen molar-refractivity contribution in [2.45, 2.75) is 123 Å². The molecule has 1 aliphatic heterocycles. The van der Waals surface area contributed by atoms with Gasteiger partial charge in [0.25, 0.3) is 0 Å². The minimum absolute atomic E-state index is 0.0447. The number of nitrogens with one attached hydrogen (secondary N) is 4. The number of amides is 3. The summed E-state index contributed by atoms with van der Waals surface area (Å²) in [6.07, 6.45) is 12.1. The molecule has 7 atom stereocenters. The highest BCUT2D eigenvalue weighted by Gasteiger charge is 2.45. The fourth-order valence-corrected chi connectivity index (χ4v) is 11.4. The largest absolute Gasteiger partial charge is 0.453 e. The van der Waals surface area contributed by atoms with Crippen LogP contribution in [0.1, 0.15) is 121 Å². The van der Waals surface area contributed by atoms with Crippen molar-refractivity contribution >= 4 is 23.9 Å². The topological polar surface area (TPSA) is 171 Å². The molecule has 2 aromatic carbocycles. The van der Waals surface area contributed by atoms with E-state index in [0.29, 0.717) is 12.5 Å². The van der Waals surface area contributed by atoms with Crippen molar-refractivity contribution in [3.05, 3.63) is 71.6 Å². The summed E-state index contributed by atoms with van der Waals surface area (Å²) in [6.45, 7) is 12.7. The van der Waals surface area contributed by atoms with E-state index >= 15 is 0 Å². The molecule has 1 unspecified atom stereocenters. The molecule has 3 aliphatic carbocycles. The second-order valence-electron chi connectivity index (χ2n) is 19.9. The van der Waals surface area contributed by atoms with Gasteiger partial charge in [0.2, 0.25) is 5.91 Å². The Morgan fingerprint density at radius 1 is 0.714 bits per heavy atom. The van der Waals surface area contributed by atoms with Gasteiger partial charge in [0.1, 0.15) is 17.7 Å². The number of Topliss-reactive ketones (excluding diaryl/α,β-unsaturated/α-hetero) is 1. The SMILES string of the molecule is COC(=O)N[C@H](C(=O)C1C[C@@H](C)C[C@H]1c1ncc(-c2ccc(-c3ccc(-c4cnc([C@@H]5C[C@H](C)CN5C(=O)[C@@H](NC(=O)OC)C(C)C)[nH]4)cc3)c3c2CC2(CCCC2)C3)[nH]1)C(C)C. The first kappa shape index (κ1) is 44.2. The maximum Gasteiger partial charge on any atom is 0.407 e. The molecule has 8 rings (SSSR count). The van der Waals surface area contributed by atoms with E-state index < -0.39 is 24.3 Å². The Morgan fingerprint density at radius 2 is 1.29 bits per heavy atom.